The molecule has 0 bridgehead atoms. The zero-order valence-corrected chi connectivity index (χ0v) is 25.9. The summed E-state index contributed by atoms with van der Waals surface area (Å²) in [6.07, 6.45) is 8.29. The summed E-state index contributed by atoms with van der Waals surface area (Å²) < 4.78 is 23.0. The molecular formula is C34H45N5O5. The van der Waals surface area contributed by atoms with Gasteiger partial charge in [-0.15, -0.1) is 0 Å². The van der Waals surface area contributed by atoms with Gasteiger partial charge in [0.15, 0.2) is 11.6 Å². The third-order valence-electron chi connectivity index (χ3n) is 8.31. The van der Waals surface area contributed by atoms with Crippen LogP contribution in [0, 0.1) is 0 Å². The molecule has 2 aromatic carbocycles. The van der Waals surface area contributed by atoms with Gasteiger partial charge in [-0.2, -0.15) is 0 Å². The van der Waals surface area contributed by atoms with Gasteiger partial charge in [0, 0.05) is 51.4 Å². The predicted molar refractivity (Wildman–Crippen MR) is 171 cm³/mol. The van der Waals surface area contributed by atoms with Crippen LogP contribution in [-0.2, 0) is 27.3 Å². The van der Waals surface area contributed by atoms with E-state index in [1.807, 2.05) is 4.90 Å². The van der Waals surface area contributed by atoms with Crippen LogP contribution in [0.15, 0.2) is 55.0 Å². The van der Waals surface area contributed by atoms with Gasteiger partial charge in [0.1, 0.15) is 12.1 Å². The number of carbonyl (C=O) groups is 1. The average Bonchev–Trinajstić information content (AvgIpc) is 3.07. The normalized spacial score (nSPS) is 18.1. The first-order valence-electron chi connectivity index (χ1n) is 15.7. The fraction of sp³-hybridized carbons (Fsp3) is 0.500. The molecular weight excluding hydrogens is 558 g/mol. The zero-order valence-electron chi connectivity index (χ0n) is 25.9. The van der Waals surface area contributed by atoms with E-state index in [1.54, 1.807) is 20.4 Å². The molecule has 0 radical (unpaired) electrons. The Bertz CT molecular complexity index is 1340. The molecule has 2 aliphatic heterocycles. The lowest BCUT2D eigenvalue weighted by Crippen LogP contribution is -2.41. The van der Waals surface area contributed by atoms with Crippen LogP contribution in [0.5, 0.6) is 11.5 Å². The van der Waals surface area contributed by atoms with E-state index in [4.69, 9.17) is 18.9 Å². The Morgan fingerprint density at radius 3 is 2.77 bits per heavy atom. The second-order valence-corrected chi connectivity index (χ2v) is 11.3. The van der Waals surface area contributed by atoms with Crippen molar-refractivity contribution in [1.82, 2.24) is 15.3 Å². The number of nitrogens with zero attached hydrogens (tertiary/aromatic N) is 3. The second-order valence-electron chi connectivity index (χ2n) is 11.3. The topological polar surface area (TPSA) is 107 Å². The summed E-state index contributed by atoms with van der Waals surface area (Å²) >= 11 is 0. The highest BCUT2D eigenvalue weighted by molar-refractivity contribution is 5.96. The first-order valence-corrected chi connectivity index (χ1v) is 15.7. The molecule has 1 aromatic heterocycles. The number of fused-ring (bicyclic) bond motifs is 1. The van der Waals surface area contributed by atoms with Crippen molar-refractivity contribution in [3.8, 4) is 11.5 Å². The van der Waals surface area contributed by atoms with E-state index >= 15 is 0 Å². The number of nitrogens with one attached hydrogen (secondary N) is 2. The molecule has 10 heteroatoms. The number of aryl methyl sites for hydroxylation is 1. The summed E-state index contributed by atoms with van der Waals surface area (Å²) in [4.78, 5) is 22.8. The number of hydrogen-bond donors (Lipinski definition) is 2. The molecule has 1 saturated heterocycles. The van der Waals surface area contributed by atoms with Crippen LogP contribution in [0.2, 0.25) is 0 Å². The van der Waals surface area contributed by atoms with Crippen LogP contribution < -0.4 is 25.0 Å². The molecule has 1 fully saturated rings. The number of amides is 1. The number of anilines is 2. The maximum absolute atomic E-state index is 12.7. The predicted octanol–water partition coefficient (Wildman–Crippen LogP) is 4.73. The van der Waals surface area contributed by atoms with Gasteiger partial charge >= 0.3 is 0 Å². The third kappa shape index (κ3) is 8.46. The maximum Gasteiger partial charge on any atom is 0.227 e. The molecule has 2 unspecified atom stereocenters. The number of rotatable bonds is 16. The number of hydrogen-bond acceptors (Lipinski definition) is 9. The van der Waals surface area contributed by atoms with Crippen LogP contribution in [0.25, 0.3) is 0 Å². The molecule has 44 heavy (non-hydrogen) atoms. The van der Waals surface area contributed by atoms with E-state index in [-0.39, 0.29) is 12.0 Å². The van der Waals surface area contributed by atoms with Crippen molar-refractivity contribution in [1.29, 1.82) is 0 Å². The van der Waals surface area contributed by atoms with E-state index in [0.717, 1.165) is 68.7 Å². The molecule has 3 heterocycles. The Kier molecular flexibility index (Phi) is 11.8. The van der Waals surface area contributed by atoms with Gasteiger partial charge in [-0.1, -0.05) is 24.3 Å². The fourth-order valence-corrected chi connectivity index (χ4v) is 5.91. The van der Waals surface area contributed by atoms with Crippen LogP contribution >= 0.6 is 0 Å². The number of piperidine rings is 1. The lowest BCUT2D eigenvalue weighted by Gasteiger charge is -2.33. The van der Waals surface area contributed by atoms with Crippen molar-refractivity contribution < 1.29 is 23.7 Å². The minimum atomic E-state index is 0.0620. The Labute approximate surface area is 260 Å². The number of benzene rings is 2. The first-order chi connectivity index (χ1) is 21.7. The molecule has 0 spiro atoms. The molecule has 5 rings (SSSR count). The van der Waals surface area contributed by atoms with Gasteiger partial charge in [0.2, 0.25) is 5.91 Å². The first kappa shape index (κ1) is 31.7. The lowest BCUT2D eigenvalue weighted by molar-refractivity contribution is -0.118. The van der Waals surface area contributed by atoms with E-state index in [9.17, 15) is 4.79 Å². The molecule has 0 saturated carbocycles. The standard InChI is InChI=1S/C34H45N5O5/c1-41-18-5-17-39-30-20-25(6-7-27(30)10-13-33(39)40)23-44-31-21-35-16-14-29(31)26-8-11-28(12-9-26)43-19-4-3-15-37-34-32(42-2)22-36-24-38-34/h6-9,11-12,20,22,24,29,31,35H,3-5,10,13-19,21,23H2,1-2H3,(H,36,37,38). The smallest absolute Gasteiger partial charge is 0.227 e. The molecule has 236 valence electrons. The highest BCUT2D eigenvalue weighted by atomic mass is 16.5. The number of carbonyl (C=O) groups excluding carboxylic acids is 1. The Morgan fingerprint density at radius 2 is 1.93 bits per heavy atom. The molecule has 10 nitrogen and oxygen atoms in total. The monoisotopic (exact) mass is 603 g/mol. The third-order valence-corrected chi connectivity index (χ3v) is 8.31. The van der Waals surface area contributed by atoms with Crippen molar-refractivity contribution in [2.45, 2.75) is 57.2 Å². The Morgan fingerprint density at radius 1 is 1.05 bits per heavy atom. The van der Waals surface area contributed by atoms with Crippen LogP contribution in [0.4, 0.5) is 11.5 Å². The lowest BCUT2D eigenvalue weighted by atomic mass is 9.87. The minimum Gasteiger partial charge on any atom is -0.494 e. The van der Waals surface area contributed by atoms with Crippen molar-refractivity contribution in [2.24, 2.45) is 0 Å². The number of ether oxygens (including phenoxy) is 4. The van der Waals surface area contributed by atoms with Gasteiger partial charge in [-0.3, -0.25) is 4.79 Å². The van der Waals surface area contributed by atoms with Gasteiger partial charge in [-0.05, 0) is 73.5 Å². The molecule has 2 atom stereocenters. The molecule has 0 aliphatic carbocycles. The zero-order chi connectivity index (χ0) is 30.6. The van der Waals surface area contributed by atoms with Crippen LogP contribution in [0.1, 0.15) is 54.7 Å². The highest BCUT2D eigenvalue weighted by Crippen LogP contribution is 2.32. The van der Waals surface area contributed by atoms with E-state index in [0.29, 0.717) is 50.3 Å². The second kappa shape index (κ2) is 16.4. The Balaban J connectivity index is 1.10. The van der Waals surface area contributed by atoms with Gasteiger partial charge < -0.3 is 34.5 Å². The SMILES string of the molecule is COCCCN1C(=O)CCc2ccc(COC3CNCCC3c3ccc(OCCCCNc4ncncc4OC)cc3)cc21. The summed E-state index contributed by atoms with van der Waals surface area (Å²) in [5.41, 5.74) is 4.61. The summed E-state index contributed by atoms with van der Waals surface area (Å²) in [6, 6.07) is 14.9. The quantitative estimate of drug-likeness (QED) is 0.225. The Hall–Kier alpha value is -3.73. The van der Waals surface area contributed by atoms with E-state index in [1.165, 1.54) is 17.5 Å². The van der Waals surface area contributed by atoms with E-state index < -0.39 is 0 Å². The molecule has 3 aromatic rings. The number of unbranched alkanes of at least 4 members (excludes halogenated alkanes) is 1. The van der Waals surface area contributed by atoms with Gasteiger partial charge in [-0.25, -0.2) is 9.97 Å². The number of aromatic nitrogens is 2. The summed E-state index contributed by atoms with van der Waals surface area (Å²) in [5.74, 6) is 2.72. The minimum absolute atomic E-state index is 0.0620. The van der Waals surface area contributed by atoms with Gasteiger partial charge in [0.05, 0.1) is 32.6 Å². The van der Waals surface area contributed by atoms with Crippen molar-refractivity contribution >= 4 is 17.4 Å². The highest BCUT2D eigenvalue weighted by Gasteiger charge is 2.28. The summed E-state index contributed by atoms with van der Waals surface area (Å²) in [6.45, 7) is 5.04. The molecule has 1 amide bonds. The van der Waals surface area contributed by atoms with Crippen LogP contribution in [0.3, 0.4) is 0 Å². The largest absolute Gasteiger partial charge is 0.494 e. The summed E-state index contributed by atoms with van der Waals surface area (Å²) in [5, 5.41) is 6.79. The molecule has 2 N–H and O–H groups in total. The average molecular weight is 604 g/mol. The van der Waals surface area contributed by atoms with Gasteiger partial charge in [0.25, 0.3) is 0 Å². The summed E-state index contributed by atoms with van der Waals surface area (Å²) in [7, 11) is 3.31. The maximum atomic E-state index is 12.7. The van der Waals surface area contributed by atoms with Crippen molar-refractivity contribution in [2.75, 3.05) is 63.8 Å². The molecule has 2 aliphatic rings. The van der Waals surface area contributed by atoms with Crippen LogP contribution in [-0.4, -0.2) is 75.6 Å². The van der Waals surface area contributed by atoms with Crippen molar-refractivity contribution in [3.63, 3.8) is 0 Å². The van der Waals surface area contributed by atoms with E-state index in [2.05, 4.69) is 63.1 Å². The van der Waals surface area contributed by atoms with Crippen molar-refractivity contribution in [3.05, 3.63) is 71.7 Å². The number of methoxy groups -OCH3 is 2. The fourth-order valence-electron chi connectivity index (χ4n) is 5.91.